The molecule has 1 aliphatic heterocycles. The van der Waals surface area contributed by atoms with Crippen molar-refractivity contribution in [2.75, 3.05) is 6.54 Å². The van der Waals surface area contributed by atoms with Crippen molar-refractivity contribution in [3.05, 3.63) is 57.8 Å². The predicted octanol–water partition coefficient (Wildman–Crippen LogP) is 3.09. The molecule has 5 heteroatoms. The zero-order valence-electron chi connectivity index (χ0n) is 14.0. The third kappa shape index (κ3) is 3.51. The van der Waals surface area contributed by atoms with Crippen LogP contribution in [0.15, 0.2) is 41.8 Å². The minimum atomic E-state index is -0.502. The fourth-order valence-corrected chi connectivity index (χ4v) is 3.85. The molecule has 1 atom stereocenters. The quantitative estimate of drug-likeness (QED) is 0.928. The van der Waals surface area contributed by atoms with Gasteiger partial charge in [-0.05, 0) is 41.5 Å². The number of hydrogen-bond acceptors (Lipinski definition) is 3. The van der Waals surface area contributed by atoms with Gasteiger partial charge in [0.15, 0.2) is 0 Å². The fraction of sp³-hybridized carbons (Fsp3) is 0.368. The third-order valence-electron chi connectivity index (χ3n) is 4.37. The zero-order valence-corrected chi connectivity index (χ0v) is 14.8. The first-order valence-corrected chi connectivity index (χ1v) is 9.14. The van der Waals surface area contributed by atoms with Crippen molar-refractivity contribution < 1.29 is 9.59 Å². The molecule has 2 aromatic rings. The van der Waals surface area contributed by atoms with Crippen LogP contribution < -0.4 is 5.32 Å². The Morgan fingerprint density at radius 3 is 2.62 bits per heavy atom. The van der Waals surface area contributed by atoms with Crippen LogP contribution >= 0.6 is 11.3 Å². The number of nitrogens with one attached hydrogen (secondary N) is 1. The van der Waals surface area contributed by atoms with Gasteiger partial charge in [0.1, 0.15) is 6.04 Å². The predicted molar refractivity (Wildman–Crippen MR) is 96.0 cm³/mol. The summed E-state index contributed by atoms with van der Waals surface area (Å²) in [4.78, 5) is 28.6. The second-order valence-corrected chi connectivity index (χ2v) is 7.44. The Hall–Kier alpha value is -2.14. The fourth-order valence-electron chi connectivity index (χ4n) is 2.96. The number of fused-ring (bicyclic) bond motifs is 1. The van der Waals surface area contributed by atoms with Crippen LogP contribution in [0, 0.1) is 5.92 Å². The molecule has 1 aliphatic rings. The van der Waals surface area contributed by atoms with Crippen molar-refractivity contribution in [2.45, 2.75) is 32.9 Å². The number of amides is 2. The van der Waals surface area contributed by atoms with E-state index in [1.165, 1.54) is 10.4 Å². The topological polar surface area (TPSA) is 49.4 Å². The smallest absolute Gasteiger partial charge is 0.251 e. The van der Waals surface area contributed by atoms with Gasteiger partial charge in [-0.3, -0.25) is 9.59 Å². The van der Waals surface area contributed by atoms with Crippen molar-refractivity contribution >= 4 is 23.2 Å². The molecule has 4 nitrogen and oxygen atoms in total. The molecule has 0 spiro atoms. The highest BCUT2D eigenvalue weighted by atomic mass is 32.1. The van der Waals surface area contributed by atoms with Crippen molar-refractivity contribution in [3.63, 3.8) is 0 Å². The third-order valence-corrected chi connectivity index (χ3v) is 5.40. The van der Waals surface area contributed by atoms with E-state index < -0.39 is 6.04 Å². The minimum absolute atomic E-state index is 0.00568. The summed E-state index contributed by atoms with van der Waals surface area (Å²) in [6, 6.07) is 10.6. The van der Waals surface area contributed by atoms with Gasteiger partial charge < -0.3 is 10.2 Å². The van der Waals surface area contributed by atoms with Gasteiger partial charge in [-0.15, -0.1) is 11.3 Å². The first kappa shape index (κ1) is 16.7. The maximum atomic E-state index is 13.0. The summed E-state index contributed by atoms with van der Waals surface area (Å²) in [6.45, 7) is 5.29. The summed E-state index contributed by atoms with van der Waals surface area (Å²) < 4.78 is 0. The average Bonchev–Trinajstić information content (AvgIpc) is 3.07. The second-order valence-electron chi connectivity index (χ2n) is 6.44. The summed E-state index contributed by atoms with van der Waals surface area (Å²) >= 11 is 1.75. The lowest BCUT2D eigenvalue weighted by atomic mass is 10.0. The molecule has 2 heterocycles. The monoisotopic (exact) mass is 342 g/mol. The standard InChI is InChI=1S/C19H22N2O2S/c1-13(2)17(20-18(22)14-6-4-3-5-7-14)19(23)21-10-8-16-15(12-21)9-11-24-16/h3-7,9,11,13,17H,8,10,12H2,1-2H3,(H,20,22)/t17-/m1/s1. The van der Waals surface area contributed by atoms with E-state index in [0.29, 0.717) is 12.1 Å². The molecule has 0 saturated heterocycles. The summed E-state index contributed by atoms with van der Waals surface area (Å²) in [5.41, 5.74) is 1.81. The van der Waals surface area contributed by atoms with Gasteiger partial charge >= 0.3 is 0 Å². The largest absolute Gasteiger partial charge is 0.340 e. The van der Waals surface area contributed by atoms with Gasteiger partial charge in [-0.25, -0.2) is 0 Å². The van der Waals surface area contributed by atoms with Gasteiger partial charge in [0, 0.05) is 23.5 Å². The Morgan fingerprint density at radius 2 is 1.92 bits per heavy atom. The first-order valence-electron chi connectivity index (χ1n) is 8.26. The number of hydrogen-bond donors (Lipinski definition) is 1. The maximum absolute atomic E-state index is 13.0. The molecule has 2 amide bonds. The van der Waals surface area contributed by atoms with Gasteiger partial charge in [-0.2, -0.15) is 0 Å². The van der Waals surface area contributed by atoms with Gasteiger partial charge in [0.25, 0.3) is 5.91 Å². The lowest BCUT2D eigenvalue weighted by Crippen LogP contribution is -2.52. The Morgan fingerprint density at radius 1 is 1.17 bits per heavy atom. The molecular weight excluding hydrogens is 320 g/mol. The minimum Gasteiger partial charge on any atom is -0.340 e. The van der Waals surface area contributed by atoms with Crippen LogP contribution in [0.2, 0.25) is 0 Å². The van der Waals surface area contributed by atoms with E-state index in [1.54, 1.807) is 23.5 Å². The molecule has 24 heavy (non-hydrogen) atoms. The van der Waals surface area contributed by atoms with E-state index in [2.05, 4.69) is 16.8 Å². The number of thiophene rings is 1. The van der Waals surface area contributed by atoms with Crippen LogP contribution in [0.25, 0.3) is 0 Å². The highest BCUT2D eigenvalue weighted by molar-refractivity contribution is 7.10. The van der Waals surface area contributed by atoms with Crippen LogP contribution in [0.3, 0.4) is 0 Å². The van der Waals surface area contributed by atoms with E-state index in [4.69, 9.17) is 0 Å². The van der Waals surface area contributed by atoms with Gasteiger partial charge in [0.05, 0.1) is 0 Å². The highest BCUT2D eigenvalue weighted by Crippen LogP contribution is 2.25. The number of carbonyl (C=O) groups excluding carboxylic acids is 2. The van der Waals surface area contributed by atoms with Crippen LogP contribution in [0.1, 0.15) is 34.6 Å². The Bertz CT molecular complexity index is 724. The van der Waals surface area contributed by atoms with Crippen LogP contribution in [-0.4, -0.2) is 29.3 Å². The van der Waals surface area contributed by atoms with E-state index in [-0.39, 0.29) is 17.7 Å². The van der Waals surface area contributed by atoms with E-state index in [0.717, 1.165) is 13.0 Å². The molecule has 0 aliphatic carbocycles. The van der Waals surface area contributed by atoms with Crippen molar-refractivity contribution in [1.29, 1.82) is 0 Å². The molecule has 0 fully saturated rings. The summed E-state index contributed by atoms with van der Waals surface area (Å²) in [7, 11) is 0. The molecule has 1 N–H and O–H groups in total. The summed E-state index contributed by atoms with van der Waals surface area (Å²) in [5.74, 6) is -0.156. The molecule has 0 radical (unpaired) electrons. The van der Waals surface area contributed by atoms with Gasteiger partial charge in [-0.1, -0.05) is 32.0 Å². The molecular formula is C19H22N2O2S. The number of rotatable bonds is 4. The molecule has 0 unspecified atom stereocenters. The molecule has 1 aromatic carbocycles. The van der Waals surface area contributed by atoms with Crippen molar-refractivity contribution in [3.8, 4) is 0 Å². The highest BCUT2D eigenvalue weighted by Gasteiger charge is 2.31. The normalized spacial score (nSPS) is 15.0. The molecule has 0 saturated carbocycles. The number of benzene rings is 1. The lowest BCUT2D eigenvalue weighted by molar-refractivity contribution is -0.135. The van der Waals surface area contributed by atoms with Crippen molar-refractivity contribution in [1.82, 2.24) is 10.2 Å². The molecule has 1 aromatic heterocycles. The zero-order chi connectivity index (χ0) is 17.1. The summed E-state index contributed by atoms with van der Waals surface area (Å²) in [6.07, 6.45) is 0.899. The number of nitrogens with zero attached hydrogens (tertiary/aromatic N) is 1. The van der Waals surface area contributed by atoms with Crippen LogP contribution in [-0.2, 0) is 17.8 Å². The Labute approximate surface area is 146 Å². The average molecular weight is 342 g/mol. The SMILES string of the molecule is CC(C)[C@@H](NC(=O)c1ccccc1)C(=O)N1CCc2sccc2C1. The number of carbonyl (C=O) groups is 2. The second kappa shape index (κ2) is 7.18. The molecule has 126 valence electrons. The first-order chi connectivity index (χ1) is 11.6. The Balaban J connectivity index is 1.71. The Kier molecular flexibility index (Phi) is 5.00. The van der Waals surface area contributed by atoms with E-state index in [9.17, 15) is 9.59 Å². The van der Waals surface area contributed by atoms with Crippen molar-refractivity contribution in [2.24, 2.45) is 5.92 Å². The van der Waals surface area contributed by atoms with Crippen LogP contribution in [0.5, 0.6) is 0 Å². The van der Waals surface area contributed by atoms with E-state index in [1.807, 2.05) is 36.9 Å². The molecule has 3 rings (SSSR count). The maximum Gasteiger partial charge on any atom is 0.251 e. The van der Waals surface area contributed by atoms with E-state index >= 15 is 0 Å². The molecule has 0 bridgehead atoms. The van der Waals surface area contributed by atoms with Crippen LogP contribution in [0.4, 0.5) is 0 Å². The van der Waals surface area contributed by atoms with Gasteiger partial charge in [0.2, 0.25) is 5.91 Å². The lowest BCUT2D eigenvalue weighted by Gasteiger charge is -2.32. The summed E-state index contributed by atoms with van der Waals surface area (Å²) in [5, 5.41) is 5.00.